The van der Waals surface area contributed by atoms with Crippen molar-refractivity contribution < 1.29 is 14.7 Å². The predicted molar refractivity (Wildman–Crippen MR) is 50.6 cm³/mol. The monoisotopic (exact) mass is 200 g/mol. The number of hydrogen-bond acceptors (Lipinski definition) is 3. The first-order valence-electron chi connectivity index (χ1n) is 4.83. The van der Waals surface area contributed by atoms with Gasteiger partial charge < -0.3 is 15.7 Å². The van der Waals surface area contributed by atoms with E-state index in [2.05, 4.69) is 0 Å². The van der Waals surface area contributed by atoms with Gasteiger partial charge >= 0.3 is 5.97 Å². The maximum atomic E-state index is 11.2. The minimum absolute atomic E-state index is 0.0391. The molecule has 1 rings (SSSR count). The van der Waals surface area contributed by atoms with Crippen LogP contribution in [-0.2, 0) is 9.59 Å². The van der Waals surface area contributed by atoms with Gasteiger partial charge in [0.1, 0.15) is 0 Å². The van der Waals surface area contributed by atoms with E-state index in [1.165, 1.54) is 0 Å². The molecule has 1 unspecified atom stereocenters. The smallest absolute Gasteiger partial charge is 0.303 e. The van der Waals surface area contributed by atoms with Crippen LogP contribution < -0.4 is 5.73 Å². The highest BCUT2D eigenvalue weighted by Crippen LogP contribution is 2.20. The summed E-state index contributed by atoms with van der Waals surface area (Å²) in [7, 11) is 0. The van der Waals surface area contributed by atoms with E-state index < -0.39 is 5.97 Å². The summed E-state index contributed by atoms with van der Waals surface area (Å²) in [5.41, 5.74) is 5.23. The van der Waals surface area contributed by atoms with Gasteiger partial charge in [0.05, 0.1) is 6.54 Å². The number of amides is 1. The average Bonchev–Trinajstić information content (AvgIpc) is 2.62. The minimum Gasteiger partial charge on any atom is -0.481 e. The van der Waals surface area contributed by atoms with Gasteiger partial charge in [-0.1, -0.05) is 0 Å². The van der Waals surface area contributed by atoms with Crippen LogP contribution in [0.15, 0.2) is 0 Å². The zero-order valence-electron chi connectivity index (χ0n) is 8.11. The third-order valence-corrected chi connectivity index (χ3v) is 2.58. The molecule has 0 saturated carbocycles. The van der Waals surface area contributed by atoms with Crippen LogP contribution in [0.3, 0.4) is 0 Å². The molecular weight excluding hydrogens is 184 g/mol. The number of carboxylic acids is 1. The van der Waals surface area contributed by atoms with Gasteiger partial charge in [0.25, 0.3) is 0 Å². The zero-order valence-corrected chi connectivity index (χ0v) is 8.11. The maximum absolute atomic E-state index is 11.2. The SMILES string of the molecule is NCC(=O)N1CCC(CCC(=O)O)C1. The van der Waals surface area contributed by atoms with E-state index in [9.17, 15) is 9.59 Å². The van der Waals surface area contributed by atoms with Crippen molar-refractivity contribution >= 4 is 11.9 Å². The third kappa shape index (κ3) is 2.99. The molecule has 0 radical (unpaired) electrons. The van der Waals surface area contributed by atoms with Gasteiger partial charge in [0.2, 0.25) is 5.91 Å². The lowest BCUT2D eigenvalue weighted by Crippen LogP contribution is -2.34. The lowest BCUT2D eigenvalue weighted by Gasteiger charge is -2.14. The van der Waals surface area contributed by atoms with Crippen LogP contribution >= 0.6 is 0 Å². The van der Waals surface area contributed by atoms with Crippen LogP contribution in [0.2, 0.25) is 0 Å². The summed E-state index contributed by atoms with van der Waals surface area (Å²) in [6.07, 6.45) is 1.75. The summed E-state index contributed by atoms with van der Waals surface area (Å²) in [6.45, 7) is 1.44. The number of hydrogen-bond donors (Lipinski definition) is 2. The summed E-state index contributed by atoms with van der Waals surface area (Å²) in [6, 6.07) is 0. The molecule has 0 aliphatic carbocycles. The molecule has 1 aliphatic heterocycles. The Labute approximate surface area is 82.9 Å². The molecule has 0 spiro atoms. The molecule has 5 heteroatoms. The molecule has 1 fully saturated rings. The number of nitrogens with two attached hydrogens (primary N) is 1. The molecule has 1 amide bonds. The molecular formula is C9H16N2O3. The summed E-state index contributed by atoms with van der Waals surface area (Å²) >= 11 is 0. The highest BCUT2D eigenvalue weighted by molar-refractivity contribution is 5.78. The molecule has 0 aromatic heterocycles. The standard InChI is InChI=1S/C9H16N2O3/c10-5-8(12)11-4-3-7(6-11)1-2-9(13)14/h7H,1-6,10H2,(H,13,14). The Morgan fingerprint density at radius 3 is 2.79 bits per heavy atom. The normalized spacial score (nSPS) is 21.2. The Bertz CT molecular complexity index is 230. The van der Waals surface area contributed by atoms with Crippen LogP contribution in [0.1, 0.15) is 19.3 Å². The van der Waals surface area contributed by atoms with Crippen LogP contribution in [-0.4, -0.2) is 41.5 Å². The van der Waals surface area contributed by atoms with Gasteiger partial charge in [-0.15, -0.1) is 0 Å². The van der Waals surface area contributed by atoms with Crippen molar-refractivity contribution in [1.29, 1.82) is 0 Å². The Kier molecular flexibility index (Phi) is 3.88. The van der Waals surface area contributed by atoms with E-state index in [4.69, 9.17) is 10.8 Å². The van der Waals surface area contributed by atoms with Crippen LogP contribution in [0.5, 0.6) is 0 Å². The summed E-state index contributed by atoms with van der Waals surface area (Å²) in [4.78, 5) is 23.2. The summed E-state index contributed by atoms with van der Waals surface area (Å²) < 4.78 is 0. The predicted octanol–water partition coefficient (Wildman–Crippen LogP) is -0.342. The van der Waals surface area contributed by atoms with Gasteiger partial charge in [-0.25, -0.2) is 0 Å². The molecule has 1 atom stereocenters. The average molecular weight is 200 g/mol. The highest BCUT2D eigenvalue weighted by Gasteiger charge is 2.25. The molecule has 0 aromatic carbocycles. The second-order valence-corrected chi connectivity index (χ2v) is 3.63. The highest BCUT2D eigenvalue weighted by atomic mass is 16.4. The van der Waals surface area contributed by atoms with Crippen LogP contribution in [0.4, 0.5) is 0 Å². The van der Waals surface area contributed by atoms with Crippen LogP contribution in [0, 0.1) is 5.92 Å². The van der Waals surface area contributed by atoms with E-state index in [0.717, 1.165) is 13.0 Å². The maximum Gasteiger partial charge on any atom is 0.303 e. The first kappa shape index (κ1) is 11.0. The molecule has 0 aromatic rings. The van der Waals surface area contributed by atoms with Crippen molar-refractivity contribution in [3.05, 3.63) is 0 Å². The molecule has 3 N–H and O–H groups in total. The fourth-order valence-electron chi connectivity index (χ4n) is 1.75. The van der Waals surface area contributed by atoms with Gasteiger partial charge in [0.15, 0.2) is 0 Å². The molecule has 1 aliphatic rings. The number of carboxylic acid groups (broad SMARTS) is 1. The zero-order chi connectivity index (χ0) is 10.6. The molecule has 0 bridgehead atoms. The summed E-state index contributed by atoms with van der Waals surface area (Å²) in [5.74, 6) is -0.474. The van der Waals surface area contributed by atoms with E-state index in [1.807, 2.05) is 0 Å². The quantitative estimate of drug-likeness (QED) is 0.650. The lowest BCUT2D eigenvalue weighted by molar-refractivity contribution is -0.137. The Balaban J connectivity index is 2.27. The Morgan fingerprint density at radius 1 is 1.50 bits per heavy atom. The Hall–Kier alpha value is -1.10. The second kappa shape index (κ2) is 4.95. The molecule has 1 heterocycles. The third-order valence-electron chi connectivity index (χ3n) is 2.58. The van der Waals surface area contributed by atoms with E-state index in [0.29, 0.717) is 18.9 Å². The van der Waals surface area contributed by atoms with Gasteiger partial charge in [-0.05, 0) is 18.8 Å². The second-order valence-electron chi connectivity index (χ2n) is 3.63. The topological polar surface area (TPSA) is 83.6 Å². The van der Waals surface area contributed by atoms with Crippen molar-refractivity contribution in [3.8, 4) is 0 Å². The largest absolute Gasteiger partial charge is 0.481 e. The van der Waals surface area contributed by atoms with Crippen molar-refractivity contribution in [2.75, 3.05) is 19.6 Å². The first-order chi connectivity index (χ1) is 6.63. The number of carbonyl (C=O) groups is 2. The van der Waals surface area contributed by atoms with E-state index >= 15 is 0 Å². The Morgan fingerprint density at radius 2 is 2.21 bits per heavy atom. The molecule has 80 valence electrons. The number of rotatable bonds is 4. The van der Waals surface area contributed by atoms with Crippen LogP contribution in [0.25, 0.3) is 0 Å². The lowest BCUT2D eigenvalue weighted by atomic mass is 10.0. The van der Waals surface area contributed by atoms with Gasteiger partial charge in [-0.2, -0.15) is 0 Å². The molecule has 14 heavy (non-hydrogen) atoms. The van der Waals surface area contributed by atoms with E-state index in [1.54, 1.807) is 4.90 Å². The van der Waals surface area contributed by atoms with Crippen molar-refractivity contribution in [2.45, 2.75) is 19.3 Å². The molecule has 5 nitrogen and oxygen atoms in total. The van der Waals surface area contributed by atoms with Gasteiger partial charge in [-0.3, -0.25) is 9.59 Å². The summed E-state index contributed by atoms with van der Waals surface area (Å²) in [5, 5.41) is 8.49. The first-order valence-corrected chi connectivity index (χ1v) is 4.83. The van der Waals surface area contributed by atoms with Crippen molar-refractivity contribution in [3.63, 3.8) is 0 Å². The van der Waals surface area contributed by atoms with Gasteiger partial charge in [0, 0.05) is 19.5 Å². The number of nitrogens with zero attached hydrogens (tertiary/aromatic N) is 1. The molecule has 1 saturated heterocycles. The fourth-order valence-corrected chi connectivity index (χ4v) is 1.75. The number of aliphatic carboxylic acids is 1. The minimum atomic E-state index is -0.770. The number of carbonyl (C=O) groups excluding carboxylic acids is 1. The van der Waals surface area contributed by atoms with Crippen molar-refractivity contribution in [2.24, 2.45) is 11.7 Å². The van der Waals surface area contributed by atoms with Crippen molar-refractivity contribution in [1.82, 2.24) is 4.90 Å². The van der Waals surface area contributed by atoms with E-state index in [-0.39, 0.29) is 18.9 Å². The fraction of sp³-hybridized carbons (Fsp3) is 0.778. The number of likely N-dealkylation sites (tertiary alicyclic amines) is 1.